The number of benzene rings is 1. The fraction of sp³-hybridized carbons (Fsp3) is 0.231. The fourth-order valence-electron chi connectivity index (χ4n) is 1.73. The maximum Gasteiger partial charge on any atom is 0.101 e. The molecular weight excluding hydrogens is 248 g/mol. The number of anilines is 1. The number of aromatic nitrogens is 2. The number of aryl methyl sites for hydroxylation is 1. The molecule has 0 unspecified atom stereocenters. The van der Waals surface area contributed by atoms with Crippen molar-refractivity contribution in [3.8, 4) is 6.07 Å². The monoisotopic (exact) mass is 260 g/mol. The van der Waals surface area contributed by atoms with Gasteiger partial charge in [0.25, 0.3) is 0 Å². The third-order valence-electron chi connectivity index (χ3n) is 2.70. The van der Waals surface area contributed by atoms with Crippen LogP contribution in [0, 0.1) is 11.3 Å². The molecule has 1 aromatic carbocycles. The van der Waals surface area contributed by atoms with Gasteiger partial charge in [-0.05, 0) is 25.1 Å². The van der Waals surface area contributed by atoms with Gasteiger partial charge in [0.2, 0.25) is 0 Å². The number of rotatable bonds is 4. The second kappa shape index (κ2) is 5.56. The summed E-state index contributed by atoms with van der Waals surface area (Å²) in [7, 11) is 0. The quantitative estimate of drug-likeness (QED) is 0.919. The molecule has 0 atom stereocenters. The van der Waals surface area contributed by atoms with Crippen molar-refractivity contribution >= 4 is 17.3 Å². The van der Waals surface area contributed by atoms with Crippen LogP contribution < -0.4 is 5.32 Å². The van der Waals surface area contributed by atoms with Gasteiger partial charge in [-0.3, -0.25) is 0 Å². The maximum atomic E-state index is 9.02. The van der Waals surface area contributed by atoms with Crippen LogP contribution in [0.5, 0.6) is 0 Å². The minimum atomic E-state index is 0.585. The number of nitrogens with one attached hydrogen (secondary N) is 1. The third-order valence-corrected chi connectivity index (χ3v) is 2.94. The van der Waals surface area contributed by atoms with E-state index >= 15 is 0 Å². The Morgan fingerprint density at radius 3 is 3.06 bits per heavy atom. The Kier molecular flexibility index (Phi) is 3.85. The molecule has 2 aromatic rings. The van der Waals surface area contributed by atoms with Crippen molar-refractivity contribution in [1.82, 2.24) is 9.55 Å². The topological polar surface area (TPSA) is 53.6 Å². The average molecular weight is 261 g/mol. The summed E-state index contributed by atoms with van der Waals surface area (Å²) < 4.78 is 2.05. The molecule has 1 aromatic heterocycles. The van der Waals surface area contributed by atoms with E-state index in [1.807, 2.05) is 10.8 Å². The Bertz CT molecular complexity index is 583. The van der Waals surface area contributed by atoms with Gasteiger partial charge in [0.05, 0.1) is 29.8 Å². The first-order valence-electron chi connectivity index (χ1n) is 5.67. The molecule has 0 radical (unpaired) electrons. The van der Waals surface area contributed by atoms with Crippen molar-refractivity contribution in [2.75, 3.05) is 5.32 Å². The van der Waals surface area contributed by atoms with Gasteiger partial charge in [-0.25, -0.2) is 4.98 Å². The summed E-state index contributed by atoms with van der Waals surface area (Å²) in [5, 5.41) is 12.8. The van der Waals surface area contributed by atoms with Gasteiger partial charge in [-0.15, -0.1) is 0 Å². The summed E-state index contributed by atoms with van der Waals surface area (Å²) >= 11 is 5.93. The maximum absolute atomic E-state index is 9.02. The Morgan fingerprint density at radius 1 is 1.50 bits per heavy atom. The smallest absolute Gasteiger partial charge is 0.101 e. The standard InChI is InChI=1S/C13H13ClN4/c1-2-18-9-16-7-12(18)8-17-13-5-11(14)4-3-10(13)6-15/h3-5,7,9,17H,2,8H2,1H3. The lowest BCUT2D eigenvalue weighted by Crippen LogP contribution is -2.06. The Morgan fingerprint density at radius 2 is 2.33 bits per heavy atom. The molecule has 0 amide bonds. The van der Waals surface area contributed by atoms with E-state index in [0.717, 1.165) is 17.9 Å². The fourth-order valence-corrected chi connectivity index (χ4v) is 1.90. The molecule has 18 heavy (non-hydrogen) atoms. The van der Waals surface area contributed by atoms with E-state index in [2.05, 4.69) is 23.3 Å². The molecule has 0 aliphatic heterocycles. The summed E-state index contributed by atoms with van der Waals surface area (Å²) in [4.78, 5) is 4.10. The number of imidazole rings is 1. The van der Waals surface area contributed by atoms with Crippen molar-refractivity contribution < 1.29 is 0 Å². The molecular formula is C13H13ClN4. The molecule has 0 aliphatic rings. The predicted molar refractivity (Wildman–Crippen MR) is 71.4 cm³/mol. The highest BCUT2D eigenvalue weighted by Crippen LogP contribution is 2.21. The van der Waals surface area contributed by atoms with Crippen molar-refractivity contribution in [3.05, 3.63) is 47.0 Å². The molecule has 1 N–H and O–H groups in total. The van der Waals surface area contributed by atoms with E-state index in [1.54, 1.807) is 24.5 Å². The van der Waals surface area contributed by atoms with Crippen LogP contribution in [0.4, 0.5) is 5.69 Å². The second-order valence-corrected chi connectivity index (χ2v) is 4.26. The first kappa shape index (κ1) is 12.5. The zero-order chi connectivity index (χ0) is 13.0. The van der Waals surface area contributed by atoms with Gasteiger partial charge < -0.3 is 9.88 Å². The second-order valence-electron chi connectivity index (χ2n) is 3.83. The van der Waals surface area contributed by atoms with E-state index < -0.39 is 0 Å². The lowest BCUT2D eigenvalue weighted by molar-refractivity contribution is 0.719. The number of nitrogens with zero attached hydrogens (tertiary/aromatic N) is 3. The molecule has 0 spiro atoms. The molecule has 0 saturated carbocycles. The zero-order valence-electron chi connectivity index (χ0n) is 10.0. The van der Waals surface area contributed by atoms with E-state index in [9.17, 15) is 0 Å². The highest BCUT2D eigenvalue weighted by molar-refractivity contribution is 6.30. The van der Waals surface area contributed by atoms with Crippen molar-refractivity contribution in [2.24, 2.45) is 0 Å². The van der Waals surface area contributed by atoms with Crippen LogP contribution in [0.2, 0.25) is 5.02 Å². The minimum Gasteiger partial charge on any atom is -0.378 e. The Labute approximate surface area is 111 Å². The van der Waals surface area contributed by atoms with Crippen LogP contribution in [0.1, 0.15) is 18.2 Å². The first-order chi connectivity index (χ1) is 8.74. The SMILES string of the molecule is CCn1cncc1CNc1cc(Cl)ccc1C#N. The largest absolute Gasteiger partial charge is 0.378 e. The van der Waals surface area contributed by atoms with Crippen LogP contribution in [0.25, 0.3) is 0 Å². The molecule has 0 fully saturated rings. The van der Waals surface area contributed by atoms with E-state index in [0.29, 0.717) is 17.1 Å². The van der Waals surface area contributed by atoms with Gasteiger partial charge in [-0.1, -0.05) is 11.6 Å². The molecule has 0 aliphatic carbocycles. The molecule has 5 heteroatoms. The van der Waals surface area contributed by atoms with Crippen LogP contribution in [0.3, 0.4) is 0 Å². The summed E-state index contributed by atoms with van der Waals surface area (Å²) in [6.45, 7) is 3.55. The minimum absolute atomic E-state index is 0.585. The molecule has 2 rings (SSSR count). The van der Waals surface area contributed by atoms with Crippen LogP contribution >= 0.6 is 11.6 Å². The predicted octanol–water partition coefficient (Wildman–Crippen LogP) is 3.04. The lowest BCUT2D eigenvalue weighted by Gasteiger charge is -2.10. The van der Waals surface area contributed by atoms with E-state index in [-0.39, 0.29) is 0 Å². The molecule has 1 heterocycles. The van der Waals surface area contributed by atoms with Crippen LogP contribution in [0.15, 0.2) is 30.7 Å². The van der Waals surface area contributed by atoms with E-state index in [1.165, 1.54) is 0 Å². The lowest BCUT2D eigenvalue weighted by atomic mass is 10.2. The molecule has 0 saturated heterocycles. The normalized spacial score (nSPS) is 10.1. The average Bonchev–Trinajstić information content (AvgIpc) is 2.84. The highest BCUT2D eigenvalue weighted by Gasteiger charge is 2.04. The Hall–Kier alpha value is -1.99. The van der Waals surface area contributed by atoms with E-state index in [4.69, 9.17) is 16.9 Å². The molecule has 92 valence electrons. The number of hydrogen-bond acceptors (Lipinski definition) is 3. The zero-order valence-corrected chi connectivity index (χ0v) is 10.8. The van der Waals surface area contributed by atoms with Crippen molar-refractivity contribution in [3.63, 3.8) is 0 Å². The van der Waals surface area contributed by atoms with Gasteiger partial charge in [0.15, 0.2) is 0 Å². The van der Waals surface area contributed by atoms with Gasteiger partial charge >= 0.3 is 0 Å². The van der Waals surface area contributed by atoms with Gasteiger partial charge in [0.1, 0.15) is 6.07 Å². The van der Waals surface area contributed by atoms with Crippen molar-refractivity contribution in [1.29, 1.82) is 5.26 Å². The van der Waals surface area contributed by atoms with Crippen LogP contribution in [-0.4, -0.2) is 9.55 Å². The number of nitriles is 1. The first-order valence-corrected chi connectivity index (χ1v) is 6.05. The van der Waals surface area contributed by atoms with Crippen molar-refractivity contribution in [2.45, 2.75) is 20.0 Å². The molecule has 4 nitrogen and oxygen atoms in total. The summed E-state index contributed by atoms with van der Waals surface area (Å²) in [6, 6.07) is 7.31. The number of hydrogen-bond donors (Lipinski definition) is 1. The van der Waals surface area contributed by atoms with Crippen LogP contribution in [-0.2, 0) is 13.1 Å². The summed E-state index contributed by atoms with van der Waals surface area (Å²) in [6.07, 6.45) is 3.60. The summed E-state index contributed by atoms with van der Waals surface area (Å²) in [5.74, 6) is 0. The highest BCUT2D eigenvalue weighted by atomic mass is 35.5. The van der Waals surface area contributed by atoms with Gasteiger partial charge in [0, 0.05) is 17.8 Å². The molecule has 0 bridgehead atoms. The Balaban J connectivity index is 2.15. The summed E-state index contributed by atoms with van der Waals surface area (Å²) in [5.41, 5.74) is 2.40. The third kappa shape index (κ3) is 2.63. The van der Waals surface area contributed by atoms with Gasteiger partial charge in [-0.2, -0.15) is 5.26 Å². The number of halogens is 1.